The van der Waals surface area contributed by atoms with Crippen molar-refractivity contribution < 1.29 is 23.2 Å². The molecule has 2 fully saturated rings. The second-order valence-electron chi connectivity index (χ2n) is 6.89. The van der Waals surface area contributed by atoms with Crippen LogP contribution >= 0.6 is 0 Å². The molecule has 1 aromatic carbocycles. The highest BCUT2D eigenvalue weighted by molar-refractivity contribution is 6.07. The van der Waals surface area contributed by atoms with E-state index in [2.05, 4.69) is 10.6 Å². The number of carbonyl (C=O) groups is 3. The van der Waals surface area contributed by atoms with Gasteiger partial charge >= 0.3 is 6.03 Å². The van der Waals surface area contributed by atoms with Gasteiger partial charge in [-0.3, -0.25) is 14.5 Å². The molecule has 1 heterocycles. The molecule has 1 aromatic rings. The normalized spacial score (nSPS) is 19.7. The summed E-state index contributed by atoms with van der Waals surface area (Å²) in [6.45, 7) is 1.63. The van der Waals surface area contributed by atoms with Gasteiger partial charge in [-0.2, -0.15) is 0 Å². The number of nitrogens with zero attached hydrogens (tertiary/aromatic N) is 1. The topological polar surface area (TPSA) is 78.5 Å². The summed E-state index contributed by atoms with van der Waals surface area (Å²) in [5.74, 6) is -2.58. The number of amides is 4. The highest BCUT2D eigenvalue weighted by atomic mass is 19.2. The van der Waals surface area contributed by atoms with E-state index in [1.807, 2.05) is 0 Å². The third-order valence-electron chi connectivity index (χ3n) is 5.09. The Labute approximate surface area is 149 Å². The zero-order valence-electron chi connectivity index (χ0n) is 14.5. The van der Waals surface area contributed by atoms with Gasteiger partial charge in [-0.15, -0.1) is 0 Å². The van der Waals surface area contributed by atoms with Gasteiger partial charge in [-0.25, -0.2) is 13.6 Å². The predicted molar refractivity (Wildman–Crippen MR) is 89.0 cm³/mol. The Morgan fingerprint density at radius 3 is 2.62 bits per heavy atom. The van der Waals surface area contributed by atoms with Crippen molar-refractivity contribution in [2.45, 2.75) is 50.6 Å². The van der Waals surface area contributed by atoms with Crippen molar-refractivity contribution in [3.05, 3.63) is 35.4 Å². The van der Waals surface area contributed by atoms with Gasteiger partial charge in [-0.1, -0.05) is 18.9 Å². The minimum atomic E-state index is -0.982. The minimum absolute atomic E-state index is 0.0112. The van der Waals surface area contributed by atoms with Crippen molar-refractivity contribution in [3.8, 4) is 0 Å². The maximum Gasteiger partial charge on any atom is 0.325 e. The highest BCUT2D eigenvalue weighted by Gasteiger charge is 2.52. The van der Waals surface area contributed by atoms with Crippen molar-refractivity contribution in [2.24, 2.45) is 0 Å². The van der Waals surface area contributed by atoms with Crippen molar-refractivity contribution in [3.63, 3.8) is 0 Å². The van der Waals surface area contributed by atoms with E-state index in [-0.39, 0.29) is 24.8 Å². The largest absolute Gasteiger partial charge is 0.350 e. The van der Waals surface area contributed by atoms with Crippen LogP contribution in [0.25, 0.3) is 0 Å². The zero-order chi connectivity index (χ0) is 18.9. The van der Waals surface area contributed by atoms with E-state index in [0.29, 0.717) is 18.4 Å². The molecule has 1 spiro atoms. The Bertz CT molecular complexity index is 747. The Morgan fingerprint density at radius 2 is 1.96 bits per heavy atom. The van der Waals surface area contributed by atoms with Crippen LogP contribution < -0.4 is 10.6 Å². The summed E-state index contributed by atoms with van der Waals surface area (Å²) in [6, 6.07) is 2.44. The number of benzene rings is 1. The van der Waals surface area contributed by atoms with Gasteiger partial charge in [0, 0.05) is 13.0 Å². The minimum Gasteiger partial charge on any atom is -0.350 e. The van der Waals surface area contributed by atoms with Gasteiger partial charge in [0.1, 0.15) is 5.54 Å². The van der Waals surface area contributed by atoms with Crippen LogP contribution in [0.2, 0.25) is 0 Å². The first kappa shape index (κ1) is 18.3. The van der Waals surface area contributed by atoms with Gasteiger partial charge in [0.25, 0.3) is 5.91 Å². The Kier molecular flexibility index (Phi) is 4.93. The lowest BCUT2D eigenvalue weighted by Gasteiger charge is -2.20. The molecule has 3 rings (SSSR count). The molecule has 1 saturated carbocycles. The van der Waals surface area contributed by atoms with E-state index in [9.17, 15) is 23.2 Å². The van der Waals surface area contributed by atoms with Crippen LogP contribution in [0.4, 0.5) is 13.6 Å². The Hall–Kier alpha value is -2.51. The molecule has 2 N–H and O–H groups in total. The second kappa shape index (κ2) is 7.01. The molecule has 0 bridgehead atoms. The van der Waals surface area contributed by atoms with Crippen molar-refractivity contribution >= 4 is 17.8 Å². The van der Waals surface area contributed by atoms with Gasteiger partial charge in [0.15, 0.2) is 11.6 Å². The highest BCUT2D eigenvalue weighted by Crippen LogP contribution is 2.35. The maximum atomic E-state index is 13.3. The third kappa shape index (κ3) is 3.40. The van der Waals surface area contributed by atoms with E-state index in [1.165, 1.54) is 6.07 Å². The summed E-state index contributed by atoms with van der Waals surface area (Å²) >= 11 is 0. The molecule has 8 heteroatoms. The van der Waals surface area contributed by atoms with Crippen LogP contribution in [0.1, 0.15) is 50.6 Å². The Morgan fingerprint density at radius 1 is 1.27 bits per heavy atom. The smallest absolute Gasteiger partial charge is 0.325 e. The van der Waals surface area contributed by atoms with Crippen LogP contribution in [0.3, 0.4) is 0 Å². The van der Waals surface area contributed by atoms with E-state index in [0.717, 1.165) is 29.9 Å². The molecular formula is C18H21F2N3O3. The maximum absolute atomic E-state index is 13.3. The van der Waals surface area contributed by atoms with Crippen LogP contribution in [0, 0.1) is 11.6 Å². The van der Waals surface area contributed by atoms with Gasteiger partial charge in [0.2, 0.25) is 5.91 Å². The fourth-order valence-corrected chi connectivity index (χ4v) is 3.59. The fourth-order valence-electron chi connectivity index (χ4n) is 3.59. The third-order valence-corrected chi connectivity index (χ3v) is 5.09. The van der Waals surface area contributed by atoms with Crippen molar-refractivity contribution in [1.82, 2.24) is 15.5 Å². The van der Waals surface area contributed by atoms with E-state index in [1.54, 1.807) is 6.92 Å². The molecule has 0 unspecified atom stereocenters. The first-order valence-electron chi connectivity index (χ1n) is 8.71. The number of hydrogen-bond donors (Lipinski definition) is 2. The molecule has 0 aromatic heterocycles. The van der Waals surface area contributed by atoms with Crippen LogP contribution in [0.5, 0.6) is 0 Å². The monoisotopic (exact) mass is 365 g/mol. The van der Waals surface area contributed by atoms with Crippen LogP contribution in [0.15, 0.2) is 18.2 Å². The molecule has 26 heavy (non-hydrogen) atoms. The van der Waals surface area contributed by atoms with E-state index in [4.69, 9.17) is 0 Å². The standard InChI is InChI=1S/C18H21F2N3O3/c1-11(12-4-5-13(19)14(20)10-12)21-15(24)6-9-23-16(25)18(22-17(23)26)7-2-3-8-18/h4-5,10-11H,2-3,6-9H2,1H3,(H,21,24)(H,22,26)/t11-/m1/s1. The van der Waals surface area contributed by atoms with Gasteiger partial charge < -0.3 is 10.6 Å². The second-order valence-corrected chi connectivity index (χ2v) is 6.89. The quantitative estimate of drug-likeness (QED) is 0.787. The molecule has 1 aliphatic heterocycles. The molecule has 140 valence electrons. The number of carbonyl (C=O) groups excluding carboxylic acids is 3. The lowest BCUT2D eigenvalue weighted by Crippen LogP contribution is -2.44. The lowest BCUT2D eigenvalue weighted by molar-refractivity contribution is -0.131. The molecule has 1 saturated heterocycles. The van der Waals surface area contributed by atoms with Crippen LogP contribution in [-0.2, 0) is 9.59 Å². The molecule has 1 atom stereocenters. The first-order valence-corrected chi connectivity index (χ1v) is 8.71. The summed E-state index contributed by atoms with van der Waals surface area (Å²) < 4.78 is 26.3. The lowest BCUT2D eigenvalue weighted by atomic mass is 9.98. The van der Waals surface area contributed by atoms with Crippen molar-refractivity contribution in [2.75, 3.05) is 6.54 Å². The first-order chi connectivity index (χ1) is 12.3. The molecule has 6 nitrogen and oxygen atoms in total. The number of imide groups is 1. The zero-order valence-corrected chi connectivity index (χ0v) is 14.5. The average molecular weight is 365 g/mol. The molecule has 4 amide bonds. The predicted octanol–water partition coefficient (Wildman–Crippen LogP) is 2.40. The Balaban J connectivity index is 1.54. The molecule has 2 aliphatic rings. The number of urea groups is 1. The van der Waals surface area contributed by atoms with Gasteiger partial charge in [-0.05, 0) is 37.5 Å². The molecular weight excluding hydrogens is 344 g/mol. The number of rotatable bonds is 5. The molecule has 0 radical (unpaired) electrons. The van der Waals surface area contributed by atoms with E-state index < -0.39 is 29.2 Å². The van der Waals surface area contributed by atoms with E-state index >= 15 is 0 Å². The summed E-state index contributed by atoms with van der Waals surface area (Å²) in [4.78, 5) is 37.8. The summed E-state index contributed by atoms with van der Waals surface area (Å²) in [7, 11) is 0. The number of halogens is 2. The summed E-state index contributed by atoms with van der Waals surface area (Å²) in [5.41, 5.74) is -0.357. The SMILES string of the molecule is C[C@@H](NC(=O)CCN1C(=O)NC2(CCCC2)C1=O)c1ccc(F)c(F)c1. The average Bonchev–Trinajstić information content (AvgIpc) is 3.14. The van der Waals surface area contributed by atoms with Gasteiger partial charge in [0.05, 0.1) is 6.04 Å². The summed E-state index contributed by atoms with van der Waals surface area (Å²) in [5, 5.41) is 5.42. The van der Waals surface area contributed by atoms with Crippen molar-refractivity contribution in [1.29, 1.82) is 0 Å². The summed E-state index contributed by atoms with van der Waals surface area (Å²) in [6.07, 6.45) is 3.00. The fraction of sp³-hybridized carbons (Fsp3) is 0.500. The molecule has 1 aliphatic carbocycles. The number of hydrogen-bond acceptors (Lipinski definition) is 3. The number of nitrogens with one attached hydrogen (secondary N) is 2. The van der Waals surface area contributed by atoms with Crippen LogP contribution in [-0.4, -0.2) is 34.8 Å².